The molecule has 5 nitrogen and oxygen atoms in total. The Bertz CT molecular complexity index is 1200. The number of amides is 2. The van der Waals surface area contributed by atoms with Crippen LogP contribution in [0.25, 0.3) is 16.8 Å². The SMILES string of the molecule is CCOc1cc(/C=C2\SC(=O)N(Cc3cccc4ccccc34)C2=O)cc(I)c1OC. The Kier molecular flexibility index (Phi) is 6.52. The first-order valence-corrected chi connectivity index (χ1v) is 11.6. The number of rotatable bonds is 6. The van der Waals surface area contributed by atoms with Crippen molar-refractivity contribution in [3.8, 4) is 11.5 Å². The van der Waals surface area contributed by atoms with E-state index in [4.69, 9.17) is 9.47 Å². The van der Waals surface area contributed by atoms with Crippen LogP contribution < -0.4 is 9.47 Å². The van der Waals surface area contributed by atoms with E-state index < -0.39 is 0 Å². The molecular formula is C24H20INO4S. The summed E-state index contributed by atoms with van der Waals surface area (Å²) in [5.74, 6) is 0.980. The highest BCUT2D eigenvalue weighted by Gasteiger charge is 2.35. The number of fused-ring (bicyclic) bond motifs is 1. The third-order valence-electron chi connectivity index (χ3n) is 4.92. The van der Waals surface area contributed by atoms with Crippen LogP contribution in [0.3, 0.4) is 0 Å². The maximum Gasteiger partial charge on any atom is 0.293 e. The van der Waals surface area contributed by atoms with E-state index in [1.165, 1.54) is 4.90 Å². The molecule has 7 heteroatoms. The molecule has 0 aromatic heterocycles. The number of methoxy groups -OCH3 is 1. The summed E-state index contributed by atoms with van der Waals surface area (Å²) < 4.78 is 12.0. The Morgan fingerprint density at radius 3 is 2.65 bits per heavy atom. The Hall–Kier alpha value is -2.52. The fourth-order valence-electron chi connectivity index (χ4n) is 3.52. The molecule has 158 valence electrons. The molecule has 0 aliphatic carbocycles. The van der Waals surface area contributed by atoms with Gasteiger partial charge >= 0.3 is 0 Å². The lowest BCUT2D eigenvalue weighted by molar-refractivity contribution is -0.123. The van der Waals surface area contributed by atoms with Crippen molar-refractivity contribution in [3.05, 3.63) is 74.2 Å². The lowest BCUT2D eigenvalue weighted by Gasteiger charge is -2.14. The number of carbonyl (C=O) groups excluding carboxylic acids is 2. The van der Waals surface area contributed by atoms with E-state index in [1.807, 2.05) is 61.5 Å². The Morgan fingerprint density at radius 1 is 1.10 bits per heavy atom. The van der Waals surface area contributed by atoms with Gasteiger partial charge < -0.3 is 9.47 Å². The molecule has 0 saturated carbocycles. The van der Waals surface area contributed by atoms with Crippen LogP contribution in [0.5, 0.6) is 11.5 Å². The second kappa shape index (κ2) is 9.32. The fourth-order valence-corrected chi connectivity index (χ4v) is 5.20. The van der Waals surface area contributed by atoms with Gasteiger partial charge in [-0.3, -0.25) is 14.5 Å². The van der Waals surface area contributed by atoms with Crippen LogP contribution in [0.4, 0.5) is 4.79 Å². The second-order valence-electron chi connectivity index (χ2n) is 6.87. The van der Waals surface area contributed by atoms with Crippen molar-refractivity contribution < 1.29 is 19.1 Å². The lowest BCUT2D eigenvalue weighted by Crippen LogP contribution is -2.27. The molecule has 0 N–H and O–H groups in total. The van der Waals surface area contributed by atoms with Crippen LogP contribution in [-0.2, 0) is 11.3 Å². The van der Waals surface area contributed by atoms with Crippen LogP contribution in [0, 0.1) is 3.57 Å². The van der Waals surface area contributed by atoms with Gasteiger partial charge in [-0.2, -0.15) is 0 Å². The molecule has 0 unspecified atom stereocenters. The summed E-state index contributed by atoms with van der Waals surface area (Å²) in [4.78, 5) is 27.4. The molecule has 1 saturated heterocycles. The van der Waals surface area contributed by atoms with Crippen LogP contribution in [-0.4, -0.2) is 29.8 Å². The van der Waals surface area contributed by atoms with E-state index in [0.29, 0.717) is 23.0 Å². The van der Waals surface area contributed by atoms with Crippen LogP contribution in [0.2, 0.25) is 0 Å². The predicted octanol–water partition coefficient (Wildman–Crippen LogP) is 6.09. The van der Waals surface area contributed by atoms with E-state index >= 15 is 0 Å². The van der Waals surface area contributed by atoms with Crippen molar-refractivity contribution in [2.45, 2.75) is 13.5 Å². The molecule has 1 aliphatic heterocycles. The van der Waals surface area contributed by atoms with Crippen molar-refractivity contribution in [1.29, 1.82) is 0 Å². The highest BCUT2D eigenvalue weighted by molar-refractivity contribution is 14.1. The third kappa shape index (κ3) is 4.43. The average molecular weight is 545 g/mol. The van der Waals surface area contributed by atoms with Crippen molar-refractivity contribution in [1.82, 2.24) is 4.90 Å². The summed E-state index contributed by atoms with van der Waals surface area (Å²) in [6.07, 6.45) is 1.73. The highest BCUT2D eigenvalue weighted by Crippen LogP contribution is 2.38. The van der Waals surface area contributed by atoms with E-state index in [1.54, 1.807) is 13.2 Å². The van der Waals surface area contributed by atoms with Crippen LogP contribution >= 0.6 is 34.4 Å². The molecule has 0 radical (unpaired) electrons. The van der Waals surface area contributed by atoms with E-state index in [-0.39, 0.29) is 17.7 Å². The normalized spacial score (nSPS) is 15.2. The van der Waals surface area contributed by atoms with Gasteiger partial charge in [0.25, 0.3) is 11.1 Å². The zero-order valence-electron chi connectivity index (χ0n) is 17.1. The number of benzene rings is 3. The minimum Gasteiger partial charge on any atom is -0.492 e. The van der Waals surface area contributed by atoms with Crippen molar-refractivity contribution in [2.75, 3.05) is 13.7 Å². The Labute approximate surface area is 198 Å². The molecule has 3 aromatic carbocycles. The van der Waals surface area contributed by atoms with Crippen LogP contribution in [0.15, 0.2) is 59.5 Å². The summed E-state index contributed by atoms with van der Waals surface area (Å²) >= 11 is 3.13. The third-order valence-corrected chi connectivity index (χ3v) is 6.62. The molecule has 31 heavy (non-hydrogen) atoms. The minimum atomic E-state index is -0.285. The number of imide groups is 1. The zero-order valence-corrected chi connectivity index (χ0v) is 20.0. The number of thioether (sulfide) groups is 1. The molecule has 0 spiro atoms. The van der Waals surface area contributed by atoms with Gasteiger partial charge in [-0.15, -0.1) is 0 Å². The maximum absolute atomic E-state index is 13.0. The van der Waals surface area contributed by atoms with Crippen molar-refractivity contribution >= 4 is 62.3 Å². The van der Waals surface area contributed by atoms with E-state index in [9.17, 15) is 9.59 Å². The first kappa shape index (κ1) is 21.7. The van der Waals surface area contributed by atoms with Gasteiger partial charge in [-0.25, -0.2) is 0 Å². The van der Waals surface area contributed by atoms with Crippen LogP contribution in [0.1, 0.15) is 18.1 Å². The van der Waals surface area contributed by atoms with Gasteiger partial charge in [0, 0.05) is 0 Å². The molecule has 0 atom stereocenters. The summed E-state index contributed by atoms with van der Waals surface area (Å²) in [6.45, 7) is 2.64. The molecule has 1 aliphatic rings. The topological polar surface area (TPSA) is 55.8 Å². The molecule has 2 amide bonds. The summed E-state index contributed by atoms with van der Waals surface area (Å²) in [5.41, 5.74) is 1.73. The number of nitrogens with zero attached hydrogens (tertiary/aromatic N) is 1. The Balaban J connectivity index is 1.63. The van der Waals surface area contributed by atoms with E-state index in [2.05, 4.69) is 22.6 Å². The zero-order chi connectivity index (χ0) is 22.0. The monoisotopic (exact) mass is 545 g/mol. The summed E-state index contributed by atoms with van der Waals surface area (Å²) in [6, 6.07) is 17.6. The highest BCUT2D eigenvalue weighted by atomic mass is 127. The average Bonchev–Trinajstić information content (AvgIpc) is 3.01. The molecular weight excluding hydrogens is 525 g/mol. The fraction of sp³-hybridized carbons (Fsp3) is 0.167. The maximum atomic E-state index is 13.0. The molecule has 1 heterocycles. The standard InChI is InChI=1S/C24H20INO4S/c1-3-30-20-12-15(11-19(25)22(20)29-2)13-21-23(27)26(24(28)31-21)14-17-9-6-8-16-7-4-5-10-18(16)17/h4-13H,3,14H2,1-2H3/b21-13-. The summed E-state index contributed by atoms with van der Waals surface area (Å²) in [7, 11) is 1.60. The van der Waals surface area contributed by atoms with Crippen molar-refractivity contribution in [2.24, 2.45) is 0 Å². The number of ether oxygens (including phenoxy) is 2. The first-order chi connectivity index (χ1) is 15.0. The van der Waals surface area contributed by atoms with Gasteiger partial charge in [0.05, 0.1) is 28.7 Å². The van der Waals surface area contributed by atoms with Gasteiger partial charge in [-0.05, 0) is 81.4 Å². The number of hydrogen-bond donors (Lipinski definition) is 0. The molecule has 1 fully saturated rings. The summed E-state index contributed by atoms with van der Waals surface area (Å²) in [5, 5.41) is 1.86. The molecule has 3 aromatic rings. The number of hydrogen-bond acceptors (Lipinski definition) is 5. The molecule has 4 rings (SSSR count). The smallest absolute Gasteiger partial charge is 0.293 e. The van der Waals surface area contributed by atoms with Gasteiger partial charge in [0.2, 0.25) is 0 Å². The predicted molar refractivity (Wildman–Crippen MR) is 132 cm³/mol. The number of halogens is 1. The Morgan fingerprint density at radius 2 is 1.87 bits per heavy atom. The van der Waals surface area contributed by atoms with E-state index in [0.717, 1.165) is 37.2 Å². The quantitative estimate of drug-likeness (QED) is 0.277. The first-order valence-electron chi connectivity index (χ1n) is 9.74. The number of carbonyl (C=O) groups is 2. The van der Waals surface area contributed by atoms with Gasteiger partial charge in [-0.1, -0.05) is 42.5 Å². The lowest BCUT2D eigenvalue weighted by atomic mass is 10.0. The minimum absolute atomic E-state index is 0.244. The van der Waals surface area contributed by atoms with Crippen molar-refractivity contribution in [3.63, 3.8) is 0 Å². The molecule has 0 bridgehead atoms. The second-order valence-corrected chi connectivity index (χ2v) is 9.03. The largest absolute Gasteiger partial charge is 0.492 e. The van der Waals surface area contributed by atoms with Gasteiger partial charge in [0.1, 0.15) is 0 Å². The van der Waals surface area contributed by atoms with Gasteiger partial charge in [0.15, 0.2) is 11.5 Å².